The van der Waals surface area contributed by atoms with Crippen molar-refractivity contribution in [2.75, 3.05) is 11.5 Å². The van der Waals surface area contributed by atoms with Crippen LogP contribution in [0.3, 0.4) is 0 Å². The Hall–Kier alpha value is -1.29. The van der Waals surface area contributed by atoms with E-state index in [2.05, 4.69) is 9.38 Å². The summed E-state index contributed by atoms with van der Waals surface area (Å²) in [5, 5.41) is 0. The summed E-state index contributed by atoms with van der Waals surface area (Å²) in [6, 6.07) is 3.72. The van der Waals surface area contributed by atoms with E-state index in [1.807, 2.05) is 36.3 Å². The molecule has 0 saturated carbocycles. The van der Waals surface area contributed by atoms with Gasteiger partial charge in [-0.1, -0.05) is 0 Å². The van der Waals surface area contributed by atoms with Gasteiger partial charge in [-0.3, -0.25) is 4.79 Å². The van der Waals surface area contributed by atoms with Crippen LogP contribution >= 0.6 is 11.8 Å². The highest BCUT2D eigenvalue weighted by Gasteiger charge is 2.21. The smallest absolute Gasteiger partial charge is 0.150 e. The topological polar surface area (TPSA) is 34.4 Å². The Labute approximate surface area is 97.9 Å². The lowest BCUT2D eigenvalue weighted by molar-refractivity contribution is 0.112. The number of hydrogen-bond donors (Lipinski definition) is 0. The zero-order valence-corrected chi connectivity index (χ0v) is 9.61. The van der Waals surface area contributed by atoms with Crippen LogP contribution in [0.25, 0.3) is 5.52 Å². The number of hydrogen-bond acceptors (Lipinski definition) is 3. The molecular formula is C12H12N2OS. The van der Waals surface area contributed by atoms with E-state index in [1.165, 1.54) is 12.2 Å². The number of imidazole rings is 1. The van der Waals surface area contributed by atoms with Gasteiger partial charge in [0.1, 0.15) is 12.1 Å². The number of fused-ring (bicyclic) bond motifs is 1. The summed E-state index contributed by atoms with van der Waals surface area (Å²) >= 11 is 1.99. The van der Waals surface area contributed by atoms with Crippen molar-refractivity contribution in [3.8, 4) is 0 Å². The van der Waals surface area contributed by atoms with Crippen LogP contribution in [0.4, 0.5) is 0 Å². The van der Waals surface area contributed by atoms with E-state index in [-0.39, 0.29) is 0 Å². The third-order valence-corrected chi connectivity index (χ3v) is 4.18. The summed E-state index contributed by atoms with van der Waals surface area (Å²) in [6.07, 6.45) is 5.88. The van der Waals surface area contributed by atoms with Gasteiger partial charge in [-0.2, -0.15) is 11.8 Å². The number of nitrogens with zero attached hydrogens (tertiary/aromatic N) is 2. The molecular weight excluding hydrogens is 220 g/mol. The van der Waals surface area contributed by atoms with Crippen LogP contribution < -0.4 is 0 Å². The average Bonchev–Trinajstić information content (AvgIpc) is 2.96. The molecule has 1 fully saturated rings. The number of rotatable bonds is 2. The lowest BCUT2D eigenvalue weighted by Crippen LogP contribution is -2.03. The monoisotopic (exact) mass is 232 g/mol. The molecule has 0 bridgehead atoms. The molecule has 82 valence electrons. The molecule has 0 aliphatic carbocycles. The van der Waals surface area contributed by atoms with E-state index < -0.39 is 0 Å². The van der Waals surface area contributed by atoms with Crippen molar-refractivity contribution in [2.24, 2.45) is 0 Å². The number of aromatic nitrogens is 2. The summed E-state index contributed by atoms with van der Waals surface area (Å²) in [5.74, 6) is 4.09. The Kier molecular flexibility index (Phi) is 2.44. The Balaban J connectivity index is 2.09. The third kappa shape index (κ3) is 1.53. The van der Waals surface area contributed by atoms with Crippen molar-refractivity contribution >= 4 is 23.6 Å². The van der Waals surface area contributed by atoms with E-state index in [9.17, 15) is 4.79 Å². The lowest BCUT2D eigenvalue weighted by Gasteiger charge is -2.07. The summed E-state index contributed by atoms with van der Waals surface area (Å²) < 4.78 is 2.10. The van der Waals surface area contributed by atoms with Crippen molar-refractivity contribution in [2.45, 2.75) is 12.3 Å². The van der Waals surface area contributed by atoms with Crippen LogP contribution in [0.2, 0.25) is 0 Å². The number of carbonyl (C=O) groups excluding carboxylic acids is 1. The normalized spacial score (nSPS) is 20.4. The highest BCUT2D eigenvalue weighted by Crippen LogP contribution is 2.31. The molecule has 3 heterocycles. The first-order valence-corrected chi connectivity index (χ1v) is 6.54. The van der Waals surface area contributed by atoms with E-state index in [0.717, 1.165) is 23.4 Å². The van der Waals surface area contributed by atoms with Gasteiger partial charge in [0.05, 0.1) is 11.7 Å². The molecule has 1 aliphatic rings. The van der Waals surface area contributed by atoms with Gasteiger partial charge in [-0.25, -0.2) is 4.98 Å². The minimum Gasteiger partial charge on any atom is -0.303 e. The largest absolute Gasteiger partial charge is 0.303 e. The quantitative estimate of drug-likeness (QED) is 0.745. The molecule has 1 atom stereocenters. The molecule has 0 radical (unpaired) electrons. The number of thioether (sulfide) groups is 1. The van der Waals surface area contributed by atoms with Crippen LogP contribution in [0.15, 0.2) is 24.5 Å². The van der Waals surface area contributed by atoms with Gasteiger partial charge in [-0.05, 0) is 24.3 Å². The first-order valence-electron chi connectivity index (χ1n) is 5.38. The van der Waals surface area contributed by atoms with Gasteiger partial charge < -0.3 is 4.40 Å². The molecule has 2 aromatic rings. The molecule has 16 heavy (non-hydrogen) atoms. The molecule has 3 nitrogen and oxygen atoms in total. The standard InChI is InChI=1S/C12H12N2OS/c15-7-9-1-3-14-11(5-9)6-13-12(14)10-2-4-16-8-10/h1,3,5-7,10H,2,4,8H2. The second-order valence-electron chi connectivity index (χ2n) is 4.05. The number of carbonyl (C=O) groups is 1. The van der Waals surface area contributed by atoms with Crippen molar-refractivity contribution < 1.29 is 4.79 Å². The van der Waals surface area contributed by atoms with Crippen LogP contribution in [-0.4, -0.2) is 27.2 Å². The van der Waals surface area contributed by atoms with Crippen molar-refractivity contribution in [3.05, 3.63) is 35.9 Å². The number of pyridine rings is 1. The maximum Gasteiger partial charge on any atom is 0.150 e. The van der Waals surface area contributed by atoms with Crippen molar-refractivity contribution in [3.63, 3.8) is 0 Å². The molecule has 1 saturated heterocycles. The maximum atomic E-state index is 10.7. The molecule has 0 aromatic carbocycles. The molecule has 1 unspecified atom stereocenters. The highest BCUT2D eigenvalue weighted by atomic mass is 32.2. The molecule has 0 amide bonds. The maximum absolute atomic E-state index is 10.7. The average molecular weight is 232 g/mol. The second-order valence-corrected chi connectivity index (χ2v) is 5.20. The van der Waals surface area contributed by atoms with Crippen LogP contribution in [0, 0.1) is 0 Å². The van der Waals surface area contributed by atoms with E-state index in [4.69, 9.17) is 0 Å². The molecule has 3 rings (SSSR count). The predicted octanol–water partition coefficient (Wildman–Crippen LogP) is 2.37. The number of aldehydes is 1. The van der Waals surface area contributed by atoms with Gasteiger partial charge in [0.25, 0.3) is 0 Å². The van der Waals surface area contributed by atoms with Gasteiger partial charge in [-0.15, -0.1) is 0 Å². The Morgan fingerprint density at radius 1 is 1.56 bits per heavy atom. The first-order chi connectivity index (χ1) is 7.88. The van der Waals surface area contributed by atoms with Gasteiger partial charge in [0.15, 0.2) is 0 Å². The molecule has 2 aromatic heterocycles. The minimum absolute atomic E-state index is 0.564. The van der Waals surface area contributed by atoms with Crippen LogP contribution in [0.5, 0.6) is 0 Å². The summed E-state index contributed by atoms with van der Waals surface area (Å²) in [4.78, 5) is 15.2. The predicted molar refractivity (Wildman–Crippen MR) is 65.3 cm³/mol. The Morgan fingerprint density at radius 3 is 3.25 bits per heavy atom. The molecule has 4 heteroatoms. The summed E-state index contributed by atoms with van der Waals surface area (Å²) in [6.45, 7) is 0. The zero-order chi connectivity index (χ0) is 11.0. The molecule has 1 aliphatic heterocycles. The van der Waals surface area contributed by atoms with Crippen LogP contribution in [0.1, 0.15) is 28.5 Å². The first kappa shape index (κ1) is 9.90. The molecule has 0 N–H and O–H groups in total. The lowest BCUT2D eigenvalue weighted by atomic mass is 10.1. The minimum atomic E-state index is 0.564. The SMILES string of the molecule is O=Cc1ccn2c(C3CCSC3)ncc2c1. The summed E-state index contributed by atoms with van der Waals surface area (Å²) in [5.41, 5.74) is 1.72. The second kappa shape index (κ2) is 3.94. The fraction of sp³-hybridized carbons (Fsp3) is 0.333. The Morgan fingerprint density at radius 2 is 2.50 bits per heavy atom. The van der Waals surface area contributed by atoms with Gasteiger partial charge in [0, 0.05) is 23.4 Å². The zero-order valence-electron chi connectivity index (χ0n) is 8.80. The summed E-state index contributed by atoms with van der Waals surface area (Å²) in [7, 11) is 0. The fourth-order valence-electron chi connectivity index (χ4n) is 2.15. The van der Waals surface area contributed by atoms with Crippen molar-refractivity contribution in [1.82, 2.24) is 9.38 Å². The van der Waals surface area contributed by atoms with Gasteiger partial charge in [0.2, 0.25) is 0 Å². The van der Waals surface area contributed by atoms with Gasteiger partial charge >= 0.3 is 0 Å². The van der Waals surface area contributed by atoms with E-state index in [1.54, 1.807) is 0 Å². The van der Waals surface area contributed by atoms with E-state index >= 15 is 0 Å². The van der Waals surface area contributed by atoms with E-state index in [0.29, 0.717) is 11.5 Å². The van der Waals surface area contributed by atoms with Crippen LogP contribution in [-0.2, 0) is 0 Å². The third-order valence-electron chi connectivity index (χ3n) is 3.02. The fourth-order valence-corrected chi connectivity index (χ4v) is 3.37. The molecule has 0 spiro atoms. The highest BCUT2D eigenvalue weighted by molar-refractivity contribution is 7.99. The van der Waals surface area contributed by atoms with Crippen molar-refractivity contribution in [1.29, 1.82) is 0 Å². The Bertz CT molecular complexity index is 529.